The number of carbonyl (C=O) groups is 1. The minimum Gasteiger partial charge on any atom is -0.457 e. The summed E-state index contributed by atoms with van der Waals surface area (Å²) in [5.74, 6) is 2.13. The van der Waals surface area contributed by atoms with Crippen LogP contribution in [0.4, 0.5) is 11.5 Å². The van der Waals surface area contributed by atoms with Crippen LogP contribution in [0.25, 0.3) is 10.9 Å². The van der Waals surface area contributed by atoms with Gasteiger partial charge in [0, 0.05) is 24.2 Å². The van der Waals surface area contributed by atoms with Crippen LogP contribution in [0.2, 0.25) is 0 Å². The number of nitrogens with zero attached hydrogens (tertiary/aromatic N) is 2. The van der Waals surface area contributed by atoms with Gasteiger partial charge in [0.1, 0.15) is 17.3 Å². The first-order valence-corrected chi connectivity index (χ1v) is 12.1. The molecule has 1 aliphatic rings. The number of benzene rings is 4. The lowest BCUT2D eigenvalue weighted by Gasteiger charge is -2.30. The van der Waals surface area contributed by atoms with Crippen LogP contribution >= 0.6 is 0 Å². The number of carbonyl (C=O) groups excluding carboxylic acids is 1. The number of aromatic nitrogens is 1. The molecule has 0 saturated carbocycles. The second kappa shape index (κ2) is 9.55. The molecule has 176 valence electrons. The van der Waals surface area contributed by atoms with Crippen LogP contribution in [0.5, 0.6) is 11.5 Å². The maximum atomic E-state index is 13.4. The Morgan fingerprint density at radius 2 is 1.47 bits per heavy atom. The lowest BCUT2D eigenvalue weighted by atomic mass is 9.99. The number of pyridine rings is 1. The van der Waals surface area contributed by atoms with Gasteiger partial charge in [-0.15, -0.1) is 0 Å². The fraction of sp³-hybridized carbons (Fsp3) is 0.0968. The molecule has 36 heavy (non-hydrogen) atoms. The molecule has 5 heteroatoms. The van der Waals surface area contributed by atoms with Crippen LogP contribution in [-0.2, 0) is 13.0 Å². The third kappa shape index (κ3) is 4.51. The SMILES string of the molecule is O=C(Nc1ccc(Oc2ccccc2)cc1)c1cc(N2CCc3ccccc3C2)nc2ccccc12. The molecule has 0 aliphatic carbocycles. The van der Waals surface area contributed by atoms with E-state index in [9.17, 15) is 4.79 Å². The summed E-state index contributed by atoms with van der Waals surface area (Å²) in [7, 11) is 0. The topological polar surface area (TPSA) is 54.5 Å². The zero-order valence-corrected chi connectivity index (χ0v) is 19.7. The van der Waals surface area contributed by atoms with Crippen molar-refractivity contribution in [2.24, 2.45) is 0 Å². The van der Waals surface area contributed by atoms with Crippen molar-refractivity contribution in [2.75, 3.05) is 16.8 Å². The first-order valence-electron chi connectivity index (χ1n) is 12.1. The van der Waals surface area contributed by atoms with Crippen molar-refractivity contribution >= 4 is 28.3 Å². The van der Waals surface area contributed by atoms with E-state index in [2.05, 4.69) is 34.5 Å². The number of para-hydroxylation sites is 2. The molecule has 1 amide bonds. The normalized spacial score (nSPS) is 12.7. The molecule has 0 spiro atoms. The van der Waals surface area contributed by atoms with Gasteiger partial charge >= 0.3 is 0 Å². The molecule has 0 unspecified atom stereocenters. The van der Waals surface area contributed by atoms with Gasteiger partial charge in [0.15, 0.2) is 0 Å². The summed E-state index contributed by atoms with van der Waals surface area (Å²) in [6.07, 6.45) is 0.962. The predicted octanol–water partition coefficient (Wildman–Crippen LogP) is 6.84. The van der Waals surface area contributed by atoms with Crippen molar-refractivity contribution in [3.63, 3.8) is 0 Å². The van der Waals surface area contributed by atoms with Gasteiger partial charge in [-0.2, -0.15) is 0 Å². The van der Waals surface area contributed by atoms with Crippen LogP contribution in [0, 0.1) is 0 Å². The Bertz CT molecular complexity index is 1530. The summed E-state index contributed by atoms with van der Waals surface area (Å²) in [6, 6.07) is 35.3. The predicted molar refractivity (Wildman–Crippen MR) is 144 cm³/mol. The Morgan fingerprint density at radius 1 is 0.778 bits per heavy atom. The summed E-state index contributed by atoms with van der Waals surface area (Å²) >= 11 is 0. The minimum atomic E-state index is -0.163. The van der Waals surface area contributed by atoms with Crippen molar-refractivity contribution in [3.8, 4) is 11.5 Å². The Morgan fingerprint density at radius 3 is 2.31 bits per heavy atom. The van der Waals surface area contributed by atoms with Crippen molar-refractivity contribution < 1.29 is 9.53 Å². The lowest BCUT2D eigenvalue weighted by molar-refractivity contribution is 0.102. The Kier molecular flexibility index (Phi) is 5.80. The number of amides is 1. The van der Waals surface area contributed by atoms with E-state index < -0.39 is 0 Å². The number of ether oxygens (including phenoxy) is 1. The zero-order chi connectivity index (χ0) is 24.3. The quantitative estimate of drug-likeness (QED) is 0.305. The smallest absolute Gasteiger partial charge is 0.256 e. The van der Waals surface area contributed by atoms with Crippen LogP contribution in [0.15, 0.2) is 109 Å². The zero-order valence-electron chi connectivity index (χ0n) is 19.7. The van der Waals surface area contributed by atoms with Gasteiger partial charge in [0.25, 0.3) is 5.91 Å². The second-order valence-electron chi connectivity index (χ2n) is 8.88. The molecular weight excluding hydrogens is 446 g/mol. The number of hydrogen-bond acceptors (Lipinski definition) is 4. The summed E-state index contributed by atoms with van der Waals surface area (Å²) in [4.78, 5) is 20.6. The average Bonchev–Trinajstić information content (AvgIpc) is 2.94. The number of hydrogen-bond donors (Lipinski definition) is 1. The highest BCUT2D eigenvalue weighted by atomic mass is 16.5. The molecule has 4 aromatic carbocycles. The number of rotatable bonds is 5. The summed E-state index contributed by atoms with van der Waals surface area (Å²) < 4.78 is 5.86. The van der Waals surface area contributed by atoms with Gasteiger partial charge in [-0.1, -0.05) is 60.7 Å². The van der Waals surface area contributed by atoms with Crippen LogP contribution in [0.3, 0.4) is 0 Å². The van der Waals surface area contributed by atoms with E-state index in [1.807, 2.05) is 84.9 Å². The molecule has 0 atom stereocenters. The van der Waals surface area contributed by atoms with E-state index in [0.29, 0.717) is 17.0 Å². The Labute approximate surface area is 210 Å². The number of anilines is 2. The van der Waals surface area contributed by atoms with E-state index in [1.54, 1.807) is 0 Å². The Hall–Kier alpha value is -4.64. The van der Waals surface area contributed by atoms with Gasteiger partial charge in [-0.05, 0) is 66.1 Å². The van der Waals surface area contributed by atoms with E-state index in [0.717, 1.165) is 42.0 Å². The lowest BCUT2D eigenvalue weighted by Crippen LogP contribution is -2.31. The van der Waals surface area contributed by atoms with Crippen molar-refractivity contribution in [1.82, 2.24) is 4.98 Å². The standard InChI is InChI=1S/C31H25N3O2/c35-31(32-24-14-16-26(17-15-24)36-25-10-2-1-3-11-25)28-20-30(33-29-13-7-6-12-27(28)29)34-19-18-22-8-4-5-9-23(22)21-34/h1-17,20H,18-19,21H2,(H,32,35). The third-order valence-corrected chi connectivity index (χ3v) is 6.49. The maximum Gasteiger partial charge on any atom is 0.256 e. The van der Waals surface area contributed by atoms with Gasteiger partial charge in [-0.25, -0.2) is 4.98 Å². The van der Waals surface area contributed by atoms with Crippen molar-refractivity contribution in [3.05, 3.63) is 126 Å². The summed E-state index contributed by atoms with van der Waals surface area (Å²) in [5, 5.41) is 3.88. The number of fused-ring (bicyclic) bond motifs is 2. The highest BCUT2D eigenvalue weighted by Crippen LogP contribution is 2.29. The highest BCUT2D eigenvalue weighted by molar-refractivity contribution is 6.13. The molecule has 0 fully saturated rings. The third-order valence-electron chi connectivity index (χ3n) is 6.49. The second-order valence-corrected chi connectivity index (χ2v) is 8.88. The molecule has 5 aromatic rings. The first-order chi connectivity index (χ1) is 17.7. The minimum absolute atomic E-state index is 0.163. The fourth-order valence-electron chi connectivity index (χ4n) is 4.63. The monoisotopic (exact) mass is 471 g/mol. The van der Waals surface area contributed by atoms with Crippen LogP contribution in [-0.4, -0.2) is 17.4 Å². The first kappa shape index (κ1) is 21.9. The van der Waals surface area contributed by atoms with E-state index >= 15 is 0 Å². The van der Waals surface area contributed by atoms with Crippen molar-refractivity contribution in [1.29, 1.82) is 0 Å². The average molecular weight is 472 g/mol. The van der Waals surface area contributed by atoms with Gasteiger partial charge in [0.05, 0.1) is 11.1 Å². The van der Waals surface area contributed by atoms with Crippen molar-refractivity contribution in [2.45, 2.75) is 13.0 Å². The fourth-order valence-corrected chi connectivity index (χ4v) is 4.63. The molecule has 2 heterocycles. The molecule has 0 saturated heterocycles. The summed E-state index contributed by atoms with van der Waals surface area (Å²) in [5.41, 5.74) is 4.81. The van der Waals surface area contributed by atoms with E-state index in [4.69, 9.17) is 9.72 Å². The van der Waals surface area contributed by atoms with Crippen LogP contribution in [0.1, 0.15) is 21.5 Å². The Balaban J connectivity index is 1.26. The molecular formula is C31H25N3O2. The molecule has 1 aromatic heterocycles. The molecule has 0 bridgehead atoms. The molecule has 0 radical (unpaired) electrons. The molecule has 1 N–H and O–H groups in total. The van der Waals surface area contributed by atoms with E-state index in [-0.39, 0.29) is 5.91 Å². The van der Waals surface area contributed by atoms with E-state index in [1.165, 1.54) is 11.1 Å². The van der Waals surface area contributed by atoms with Gasteiger partial charge in [-0.3, -0.25) is 4.79 Å². The summed E-state index contributed by atoms with van der Waals surface area (Å²) in [6.45, 7) is 1.65. The number of nitrogens with one attached hydrogen (secondary N) is 1. The molecule has 1 aliphatic heterocycles. The van der Waals surface area contributed by atoms with Gasteiger partial charge in [0.2, 0.25) is 0 Å². The van der Waals surface area contributed by atoms with Crippen LogP contribution < -0.4 is 15.0 Å². The largest absolute Gasteiger partial charge is 0.457 e. The molecule has 5 nitrogen and oxygen atoms in total. The molecule has 6 rings (SSSR count). The highest BCUT2D eigenvalue weighted by Gasteiger charge is 2.20. The van der Waals surface area contributed by atoms with Gasteiger partial charge < -0.3 is 15.0 Å². The maximum absolute atomic E-state index is 13.4.